The Bertz CT molecular complexity index is 1590. The van der Waals surface area contributed by atoms with Gasteiger partial charge in [-0.3, -0.25) is 0 Å². The zero-order valence-electron chi connectivity index (χ0n) is 21.6. The summed E-state index contributed by atoms with van der Waals surface area (Å²) in [5.74, 6) is 1.09. The highest BCUT2D eigenvalue weighted by Crippen LogP contribution is 2.28. The van der Waals surface area contributed by atoms with Gasteiger partial charge in [-0.2, -0.15) is 8.42 Å². The number of hydrogen-bond donors (Lipinski definition) is 0. The smallest absolute Gasteiger partial charge is 0.339 e. The van der Waals surface area contributed by atoms with Crippen LogP contribution in [0.1, 0.15) is 43.7 Å². The fourth-order valence-electron chi connectivity index (χ4n) is 4.63. The van der Waals surface area contributed by atoms with Crippen LogP contribution >= 0.6 is 0 Å². The quantitative estimate of drug-likeness (QED) is 0.132. The minimum atomic E-state index is -3.93. The molecule has 1 aromatic heterocycles. The molecule has 5 nitrogen and oxygen atoms in total. The van der Waals surface area contributed by atoms with E-state index in [1.165, 1.54) is 24.8 Å². The number of aryl methyl sites for hydroxylation is 1. The standard InChI is InChI=1S/C32H32N2O3S/c1-2-3-4-6-11-25-16-22-29(23-17-25)38(35,36)37-28-20-18-27(19-21-28)32-33-30-14-9-10-15-31(30)34(32)24-26-12-7-5-8-13-26/h5,7-10,12-23H,2-4,6,11,24H2,1H3. The second kappa shape index (κ2) is 11.7. The van der Waals surface area contributed by atoms with Crippen LogP contribution in [0.5, 0.6) is 5.75 Å². The molecule has 0 aliphatic rings. The number of nitrogens with zero attached hydrogens (tertiary/aromatic N) is 2. The summed E-state index contributed by atoms with van der Waals surface area (Å²) in [6.07, 6.45) is 5.69. The first-order valence-electron chi connectivity index (χ1n) is 13.2. The molecule has 0 radical (unpaired) electrons. The minimum absolute atomic E-state index is 0.156. The molecule has 6 heteroatoms. The topological polar surface area (TPSA) is 61.2 Å². The van der Waals surface area contributed by atoms with Gasteiger partial charge in [-0.15, -0.1) is 0 Å². The second-order valence-electron chi connectivity index (χ2n) is 9.51. The maximum Gasteiger partial charge on any atom is 0.339 e. The van der Waals surface area contributed by atoms with Gasteiger partial charge in [0.25, 0.3) is 0 Å². The van der Waals surface area contributed by atoms with Crippen molar-refractivity contribution < 1.29 is 12.6 Å². The molecule has 0 fully saturated rings. The molecule has 5 rings (SSSR count). The molecule has 0 unspecified atom stereocenters. The summed E-state index contributed by atoms with van der Waals surface area (Å²) >= 11 is 0. The summed E-state index contributed by atoms with van der Waals surface area (Å²) in [5, 5.41) is 0. The van der Waals surface area contributed by atoms with Crippen LogP contribution in [0, 0.1) is 0 Å². The summed E-state index contributed by atoms with van der Waals surface area (Å²) < 4.78 is 33.4. The Morgan fingerprint density at radius 2 is 1.45 bits per heavy atom. The lowest BCUT2D eigenvalue weighted by Gasteiger charge is -2.11. The maximum atomic E-state index is 12.9. The zero-order valence-corrected chi connectivity index (χ0v) is 22.4. The zero-order chi connectivity index (χ0) is 26.4. The lowest BCUT2D eigenvalue weighted by atomic mass is 10.1. The van der Waals surface area contributed by atoms with Crippen LogP contribution in [0.25, 0.3) is 22.4 Å². The van der Waals surface area contributed by atoms with Crippen molar-refractivity contribution in [3.8, 4) is 17.1 Å². The highest BCUT2D eigenvalue weighted by atomic mass is 32.2. The molecule has 0 saturated carbocycles. The third-order valence-electron chi connectivity index (χ3n) is 6.69. The summed E-state index contributed by atoms with van der Waals surface area (Å²) in [5.41, 5.74) is 5.16. The van der Waals surface area contributed by atoms with Gasteiger partial charge in [0, 0.05) is 12.1 Å². The van der Waals surface area contributed by atoms with Gasteiger partial charge in [-0.05, 0) is 72.5 Å². The average molecular weight is 525 g/mol. The number of unbranched alkanes of at least 4 members (excludes halogenated alkanes) is 3. The fraction of sp³-hybridized carbons (Fsp3) is 0.219. The van der Waals surface area contributed by atoms with Gasteiger partial charge in [0.2, 0.25) is 0 Å². The molecule has 5 aromatic rings. The van der Waals surface area contributed by atoms with Crippen molar-refractivity contribution in [2.75, 3.05) is 0 Å². The van der Waals surface area contributed by atoms with E-state index in [9.17, 15) is 8.42 Å². The van der Waals surface area contributed by atoms with Gasteiger partial charge in [-0.1, -0.05) is 80.8 Å². The lowest BCUT2D eigenvalue weighted by Crippen LogP contribution is -2.09. The molecule has 0 N–H and O–H groups in total. The van der Waals surface area contributed by atoms with Crippen molar-refractivity contribution >= 4 is 21.2 Å². The molecular weight excluding hydrogens is 492 g/mol. The first-order valence-corrected chi connectivity index (χ1v) is 14.6. The predicted octanol–water partition coefficient (Wildman–Crippen LogP) is 7.64. The molecule has 1 heterocycles. The van der Waals surface area contributed by atoms with Crippen LogP contribution < -0.4 is 4.18 Å². The van der Waals surface area contributed by atoms with Crippen LogP contribution in [0.2, 0.25) is 0 Å². The van der Waals surface area contributed by atoms with Crippen molar-refractivity contribution in [1.82, 2.24) is 9.55 Å². The molecule has 0 aliphatic heterocycles. The van der Waals surface area contributed by atoms with E-state index < -0.39 is 10.1 Å². The number of para-hydroxylation sites is 2. The Morgan fingerprint density at radius 3 is 2.18 bits per heavy atom. The third-order valence-corrected chi connectivity index (χ3v) is 7.95. The van der Waals surface area contributed by atoms with E-state index in [2.05, 4.69) is 29.7 Å². The van der Waals surface area contributed by atoms with E-state index in [0.717, 1.165) is 40.8 Å². The van der Waals surface area contributed by atoms with Crippen LogP contribution in [-0.4, -0.2) is 18.0 Å². The van der Waals surface area contributed by atoms with E-state index >= 15 is 0 Å². The van der Waals surface area contributed by atoms with E-state index in [4.69, 9.17) is 9.17 Å². The Morgan fingerprint density at radius 1 is 0.737 bits per heavy atom. The number of rotatable bonds is 11. The number of aromatic nitrogens is 2. The third kappa shape index (κ3) is 5.97. The van der Waals surface area contributed by atoms with E-state index in [-0.39, 0.29) is 10.6 Å². The molecule has 0 spiro atoms. The lowest BCUT2D eigenvalue weighted by molar-refractivity contribution is 0.486. The fourth-order valence-corrected chi connectivity index (χ4v) is 5.57. The van der Waals surface area contributed by atoms with Crippen molar-refractivity contribution in [1.29, 1.82) is 0 Å². The van der Waals surface area contributed by atoms with Crippen molar-refractivity contribution in [3.63, 3.8) is 0 Å². The number of hydrogen-bond acceptors (Lipinski definition) is 4. The Balaban J connectivity index is 1.34. The Hall–Kier alpha value is -3.90. The number of fused-ring (bicyclic) bond motifs is 1. The van der Waals surface area contributed by atoms with Gasteiger partial charge in [0.15, 0.2) is 0 Å². The molecule has 0 amide bonds. The van der Waals surface area contributed by atoms with Crippen LogP contribution in [0.3, 0.4) is 0 Å². The second-order valence-corrected chi connectivity index (χ2v) is 11.1. The van der Waals surface area contributed by atoms with Crippen molar-refractivity contribution in [3.05, 3.63) is 114 Å². The highest BCUT2D eigenvalue weighted by Gasteiger charge is 2.18. The van der Waals surface area contributed by atoms with E-state index in [1.54, 1.807) is 24.3 Å². The van der Waals surface area contributed by atoms with Crippen molar-refractivity contribution in [2.45, 2.75) is 50.5 Å². The minimum Gasteiger partial charge on any atom is -0.379 e. The SMILES string of the molecule is CCCCCCc1ccc(S(=O)(=O)Oc2ccc(-c3nc4ccccc4n3Cc3ccccc3)cc2)cc1. The summed E-state index contributed by atoms with van der Waals surface area (Å²) in [7, 11) is -3.93. The molecule has 0 bridgehead atoms. The molecule has 0 aliphatic carbocycles. The van der Waals surface area contributed by atoms with Crippen LogP contribution in [0.4, 0.5) is 0 Å². The van der Waals surface area contributed by atoms with Gasteiger partial charge < -0.3 is 8.75 Å². The highest BCUT2D eigenvalue weighted by molar-refractivity contribution is 7.87. The molecule has 0 saturated heterocycles. The van der Waals surface area contributed by atoms with E-state index in [0.29, 0.717) is 6.54 Å². The van der Waals surface area contributed by atoms with Crippen LogP contribution in [0.15, 0.2) is 108 Å². The van der Waals surface area contributed by atoms with Gasteiger partial charge >= 0.3 is 10.1 Å². The molecule has 4 aromatic carbocycles. The predicted molar refractivity (Wildman–Crippen MR) is 153 cm³/mol. The summed E-state index contributed by atoms with van der Waals surface area (Å²) in [6.45, 7) is 2.87. The molecule has 38 heavy (non-hydrogen) atoms. The Kier molecular flexibility index (Phi) is 7.89. The van der Waals surface area contributed by atoms with Gasteiger partial charge in [0.1, 0.15) is 16.5 Å². The summed E-state index contributed by atoms with van der Waals surface area (Å²) in [6, 6.07) is 32.4. The first kappa shape index (κ1) is 25.7. The number of benzene rings is 4. The van der Waals surface area contributed by atoms with Crippen molar-refractivity contribution in [2.24, 2.45) is 0 Å². The monoisotopic (exact) mass is 524 g/mol. The Labute approximate surface area is 224 Å². The summed E-state index contributed by atoms with van der Waals surface area (Å²) in [4.78, 5) is 5.03. The first-order chi connectivity index (χ1) is 18.5. The average Bonchev–Trinajstić information content (AvgIpc) is 3.30. The van der Waals surface area contributed by atoms with Gasteiger partial charge in [-0.25, -0.2) is 4.98 Å². The maximum absolute atomic E-state index is 12.9. The number of imidazole rings is 1. The molecule has 0 atom stereocenters. The van der Waals surface area contributed by atoms with Crippen LogP contribution in [-0.2, 0) is 23.1 Å². The molecular formula is C32H32N2O3S. The van der Waals surface area contributed by atoms with Gasteiger partial charge in [0.05, 0.1) is 11.0 Å². The normalized spacial score (nSPS) is 11.6. The van der Waals surface area contributed by atoms with E-state index in [1.807, 2.05) is 60.7 Å². The molecule has 194 valence electrons. The largest absolute Gasteiger partial charge is 0.379 e.